The molecular formula is C13H23N5. The van der Waals surface area contributed by atoms with E-state index in [2.05, 4.69) is 26.6 Å². The molecule has 100 valence electrons. The summed E-state index contributed by atoms with van der Waals surface area (Å²) in [7, 11) is 0. The minimum atomic E-state index is 0.0828. The molecule has 2 N–H and O–H groups in total. The summed E-state index contributed by atoms with van der Waals surface area (Å²) in [5.74, 6) is 2.20. The number of aryl methyl sites for hydroxylation is 1. The fourth-order valence-electron chi connectivity index (χ4n) is 3.36. The van der Waals surface area contributed by atoms with Crippen molar-refractivity contribution in [3.05, 3.63) is 11.6 Å². The largest absolute Gasteiger partial charge is 0.311 e. The van der Waals surface area contributed by atoms with Gasteiger partial charge in [-0.2, -0.15) is 0 Å². The second-order valence-electron chi connectivity index (χ2n) is 5.44. The maximum Gasteiger partial charge on any atom is 0.151 e. The molecule has 2 unspecified atom stereocenters. The van der Waals surface area contributed by atoms with Gasteiger partial charge in [-0.25, -0.2) is 0 Å². The summed E-state index contributed by atoms with van der Waals surface area (Å²) in [6.45, 7) is 4.49. The van der Waals surface area contributed by atoms with E-state index in [-0.39, 0.29) is 6.17 Å². The lowest BCUT2D eigenvalue weighted by atomic mass is 10.0. The predicted octanol–water partition coefficient (Wildman–Crippen LogP) is 1.62. The Morgan fingerprint density at radius 2 is 2.11 bits per heavy atom. The summed E-state index contributed by atoms with van der Waals surface area (Å²) in [4.78, 5) is 2.52. The average molecular weight is 249 g/mol. The molecule has 5 heteroatoms. The first-order chi connectivity index (χ1) is 8.81. The van der Waals surface area contributed by atoms with Crippen LogP contribution in [0, 0.1) is 0 Å². The van der Waals surface area contributed by atoms with Gasteiger partial charge in [0.2, 0.25) is 0 Å². The van der Waals surface area contributed by atoms with E-state index in [0.717, 1.165) is 37.5 Å². The number of hydrogen-bond acceptors (Lipinski definition) is 4. The van der Waals surface area contributed by atoms with Crippen LogP contribution < -0.4 is 5.73 Å². The molecule has 0 amide bonds. The first-order valence-electron chi connectivity index (χ1n) is 7.24. The van der Waals surface area contributed by atoms with Crippen molar-refractivity contribution < 1.29 is 0 Å². The molecule has 0 aromatic carbocycles. The van der Waals surface area contributed by atoms with Crippen LogP contribution in [0.5, 0.6) is 0 Å². The molecular weight excluding hydrogens is 226 g/mol. The molecule has 2 atom stereocenters. The number of fused-ring (bicyclic) bond motifs is 1. The second-order valence-corrected chi connectivity index (χ2v) is 5.44. The van der Waals surface area contributed by atoms with E-state index < -0.39 is 0 Å². The van der Waals surface area contributed by atoms with Crippen LogP contribution in [-0.4, -0.2) is 32.8 Å². The van der Waals surface area contributed by atoms with Gasteiger partial charge in [-0.1, -0.05) is 13.3 Å². The van der Waals surface area contributed by atoms with Gasteiger partial charge in [0.05, 0.1) is 12.2 Å². The Morgan fingerprint density at radius 1 is 1.22 bits per heavy atom. The number of nitrogens with zero attached hydrogens (tertiary/aromatic N) is 4. The lowest BCUT2D eigenvalue weighted by Gasteiger charge is -2.35. The first kappa shape index (κ1) is 12.1. The zero-order valence-electron chi connectivity index (χ0n) is 11.2. The van der Waals surface area contributed by atoms with E-state index >= 15 is 0 Å². The Morgan fingerprint density at radius 3 is 2.94 bits per heavy atom. The van der Waals surface area contributed by atoms with Crippen LogP contribution in [0.4, 0.5) is 0 Å². The summed E-state index contributed by atoms with van der Waals surface area (Å²) >= 11 is 0. The van der Waals surface area contributed by atoms with Crippen molar-refractivity contribution in [2.24, 2.45) is 5.73 Å². The Balaban J connectivity index is 1.93. The normalized spacial score (nSPS) is 29.2. The molecule has 1 fully saturated rings. The fourth-order valence-corrected chi connectivity index (χ4v) is 3.36. The summed E-state index contributed by atoms with van der Waals surface area (Å²) < 4.78 is 2.21. The van der Waals surface area contributed by atoms with Gasteiger partial charge in [0.1, 0.15) is 5.82 Å². The number of likely N-dealkylation sites (tertiary alicyclic amines) is 1. The number of aromatic nitrogens is 3. The molecule has 2 aliphatic heterocycles. The molecule has 0 bridgehead atoms. The van der Waals surface area contributed by atoms with Gasteiger partial charge < -0.3 is 5.73 Å². The molecule has 1 aromatic rings. The SMILES string of the molecule is CCN1CCCCC1c1nnc2n1C(N)CCC2. The Labute approximate surface area is 108 Å². The van der Waals surface area contributed by atoms with E-state index in [0.29, 0.717) is 6.04 Å². The molecule has 0 saturated carbocycles. The van der Waals surface area contributed by atoms with Crippen LogP contribution in [0.1, 0.15) is 62.9 Å². The second kappa shape index (κ2) is 4.97. The molecule has 1 aromatic heterocycles. The third-order valence-electron chi connectivity index (χ3n) is 4.34. The molecule has 18 heavy (non-hydrogen) atoms. The van der Waals surface area contributed by atoms with E-state index in [1.54, 1.807) is 0 Å². The van der Waals surface area contributed by atoms with Gasteiger partial charge in [0.25, 0.3) is 0 Å². The van der Waals surface area contributed by atoms with Gasteiger partial charge >= 0.3 is 0 Å². The fraction of sp³-hybridized carbons (Fsp3) is 0.846. The predicted molar refractivity (Wildman–Crippen MR) is 70.0 cm³/mol. The Kier molecular flexibility index (Phi) is 3.35. The number of nitrogens with two attached hydrogens (primary N) is 1. The van der Waals surface area contributed by atoms with Crippen LogP contribution in [0.15, 0.2) is 0 Å². The monoisotopic (exact) mass is 249 g/mol. The summed E-state index contributed by atoms with van der Waals surface area (Å²) in [5.41, 5.74) is 6.25. The quantitative estimate of drug-likeness (QED) is 0.865. The highest BCUT2D eigenvalue weighted by molar-refractivity contribution is 5.07. The number of rotatable bonds is 2. The van der Waals surface area contributed by atoms with Gasteiger partial charge in [0.15, 0.2) is 5.82 Å². The summed E-state index contributed by atoms with van der Waals surface area (Å²) in [6.07, 6.45) is 7.09. The highest BCUT2D eigenvalue weighted by atomic mass is 15.3. The molecule has 3 heterocycles. The zero-order valence-corrected chi connectivity index (χ0v) is 11.2. The van der Waals surface area contributed by atoms with Gasteiger partial charge in [-0.15, -0.1) is 10.2 Å². The van der Waals surface area contributed by atoms with Crippen LogP contribution in [-0.2, 0) is 6.42 Å². The molecule has 1 saturated heterocycles. The maximum absolute atomic E-state index is 6.25. The maximum atomic E-state index is 6.25. The lowest BCUT2D eigenvalue weighted by molar-refractivity contribution is 0.143. The van der Waals surface area contributed by atoms with Crippen molar-refractivity contribution in [2.75, 3.05) is 13.1 Å². The van der Waals surface area contributed by atoms with Crippen molar-refractivity contribution in [3.63, 3.8) is 0 Å². The van der Waals surface area contributed by atoms with Crippen LogP contribution in [0.3, 0.4) is 0 Å². The smallest absolute Gasteiger partial charge is 0.151 e. The van der Waals surface area contributed by atoms with Crippen molar-refractivity contribution in [3.8, 4) is 0 Å². The van der Waals surface area contributed by atoms with Crippen molar-refractivity contribution >= 4 is 0 Å². The third kappa shape index (κ3) is 1.95. The Hall–Kier alpha value is -0.940. The van der Waals surface area contributed by atoms with Crippen LogP contribution in [0.25, 0.3) is 0 Å². The highest BCUT2D eigenvalue weighted by Crippen LogP contribution is 2.32. The van der Waals surface area contributed by atoms with E-state index in [1.807, 2.05) is 0 Å². The summed E-state index contributed by atoms with van der Waals surface area (Å²) in [5, 5.41) is 8.82. The molecule has 0 radical (unpaired) electrons. The zero-order chi connectivity index (χ0) is 12.5. The molecule has 0 aliphatic carbocycles. The van der Waals surface area contributed by atoms with Gasteiger partial charge in [-0.3, -0.25) is 9.47 Å². The van der Waals surface area contributed by atoms with E-state index in [4.69, 9.17) is 5.73 Å². The highest BCUT2D eigenvalue weighted by Gasteiger charge is 2.31. The molecule has 2 aliphatic rings. The molecule has 3 rings (SSSR count). The minimum Gasteiger partial charge on any atom is -0.311 e. The molecule has 0 spiro atoms. The molecule has 5 nitrogen and oxygen atoms in total. The topological polar surface area (TPSA) is 60.0 Å². The van der Waals surface area contributed by atoms with Gasteiger partial charge in [-0.05, 0) is 38.8 Å². The van der Waals surface area contributed by atoms with E-state index in [9.17, 15) is 0 Å². The average Bonchev–Trinajstić information content (AvgIpc) is 2.84. The Bertz CT molecular complexity index is 414. The van der Waals surface area contributed by atoms with Crippen molar-refractivity contribution in [1.82, 2.24) is 19.7 Å². The standard InChI is InChI=1S/C13H23N5/c1-2-17-9-4-3-6-10(17)13-16-15-12-8-5-7-11(14)18(12)13/h10-11H,2-9,14H2,1H3. The third-order valence-corrected chi connectivity index (χ3v) is 4.34. The number of piperidine rings is 1. The van der Waals surface area contributed by atoms with Crippen molar-refractivity contribution in [1.29, 1.82) is 0 Å². The first-order valence-corrected chi connectivity index (χ1v) is 7.24. The van der Waals surface area contributed by atoms with Crippen molar-refractivity contribution in [2.45, 2.75) is 57.7 Å². The number of hydrogen-bond donors (Lipinski definition) is 1. The lowest BCUT2D eigenvalue weighted by Crippen LogP contribution is -2.37. The summed E-state index contributed by atoms with van der Waals surface area (Å²) in [6, 6.07) is 0.425. The van der Waals surface area contributed by atoms with Crippen LogP contribution in [0.2, 0.25) is 0 Å². The van der Waals surface area contributed by atoms with Crippen LogP contribution >= 0.6 is 0 Å². The minimum absolute atomic E-state index is 0.0828. The van der Waals surface area contributed by atoms with Gasteiger partial charge in [0, 0.05) is 6.42 Å². The van der Waals surface area contributed by atoms with E-state index in [1.165, 1.54) is 25.8 Å².